The molecule has 0 amide bonds. The fourth-order valence-electron chi connectivity index (χ4n) is 3.41. The van der Waals surface area contributed by atoms with E-state index in [1.807, 2.05) is 6.07 Å². The average molecular weight is 506 g/mol. The summed E-state index contributed by atoms with van der Waals surface area (Å²) in [6, 6.07) is 4.24. The van der Waals surface area contributed by atoms with E-state index in [2.05, 4.69) is 31.3 Å². The minimum Gasteiger partial charge on any atom is -0.469 e. The van der Waals surface area contributed by atoms with Gasteiger partial charge in [0.15, 0.2) is 5.96 Å². The monoisotopic (exact) mass is 506 g/mol. The highest BCUT2D eigenvalue weighted by Crippen LogP contribution is 2.24. The summed E-state index contributed by atoms with van der Waals surface area (Å²) in [4.78, 5) is 17.9. The molecule has 1 aliphatic heterocycles. The summed E-state index contributed by atoms with van der Waals surface area (Å²) in [5.41, 5.74) is 0. The fourth-order valence-corrected chi connectivity index (χ4v) is 3.41. The summed E-state index contributed by atoms with van der Waals surface area (Å²) >= 11 is 0. The third kappa shape index (κ3) is 8.81. The lowest BCUT2D eigenvalue weighted by atomic mass is 10.1. The summed E-state index contributed by atoms with van der Waals surface area (Å²) in [5.74, 6) is 1.70. The number of ether oxygens (including phenoxy) is 1. The van der Waals surface area contributed by atoms with Crippen LogP contribution in [-0.2, 0) is 9.53 Å². The molecule has 0 aromatic carbocycles. The number of hydrogen-bond acceptors (Lipinski definition) is 5. The van der Waals surface area contributed by atoms with E-state index < -0.39 is 0 Å². The Balaban J connectivity index is 0.00000392. The van der Waals surface area contributed by atoms with Gasteiger partial charge in [-0.25, -0.2) is 0 Å². The first-order valence-electron chi connectivity index (χ1n) is 10.0. The van der Waals surface area contributed by atoms with E-state index in [9.17, 15) is 4.79 Å². The van der Waals surface area contributed by atoms with Crippen molar-refractivity contribution >= 4 is 35.9 Å². The van der Waals surface area contributed by atoms with Gasteiger partial charge >= 0.3 is 5.97 Å². The number of halogens is 1. The number of unbranched alkanes of at least 4 members (excludes halogenated alkanes) is 3. The summed E-state index contributed by atoms with van der Waals surface area (Å²) in [6.07, 6.45) is 8.82. The van der Waals surface area contributed by atoms with Crippen LogP contribution in [-0.4, -0.2) is 57.2 Å². The standard InChI is InChI=1S/C20H34N4O3.HI/c1-21-20(22-12-6-4-3-5-11-19(25)26-2)23-16-17(18-10-9-15-27-18)24-13-7-8-14-24;/h9-10,15,17H,3-8,11-14,16H2,1-2H3,(H2,21,22,23);1H. The van der Waals surface area contributed by atoms with Crippen molar-refractivity contribution in [3.63, 3.8) is 0 Å². The number of esters is 1. The van der Waals surface area contributed by atoms with Crippen LogP contribution in [0.4, 0.5) is 0 Å². The molecule has 0 spiro atoms. The van der Waals surface area contributed by atoms with E-state index >= 15 is 0 Å². The molecule has 1 atom stereocenters. The summed E-state index contributed by atoms with van der Waals surface area (Å²) in [7, 11) is 3.23. The second kappa shape index (κ2) is 14.7. The average Bonchev–Trinajstić information content (AvgIpc) is 3.40. The topological polar surface area (TPSA) is 79.1 Å². The quantitative estimate of drug-likeness (QED) is 0.158. The zero-order chi connectivity index (χ0) is 19.3. The Hall–Kier alpha value is -1.29. The van der Waals surface area contributed by atoms with Crippen molar-refractivity contribution in [2.75, 3.05) is 40.3 Å². The minimum absolute atomic E-state index is 0. The number of hydrogen-bond donors (Lipinski definition) is 2. The Morgan fingerprint density at radius 2 is 2.00 bits per heavy atom. The molecule has 1 aromatic heterocycles. The molecule has 2 heterocycles. The Bertz CT molecular complexity index is 560. The number of nitrogens with zero attached hydrogens (tertiary/aromatic N) is 2. The maximum absolute atomic E-state index is 11.1. The third-order valence-corrected chi connectivity index (χ3v) is 4.97. The number of furan rings is 1. The van der Waals surface area contributed by atoms with Gasteiger partial charge in [0.25, 0.3) is 0 Å². The van der Waals surface area contributed by atoms with Gasteiger partial charge in [-0.2, -0.15) is 0 Å². The maximum Gasteiger partial charge on any atom is 0.305 e. The number of carbonyl (C=O) groups is 1. The molecule has 1 saturated heterocycles. The molecule has 0 radical (unpaired) electrons. The molecule has 2 N–H and O–H groups in total. The zero-order valence-corrected chi connectivity index (χ0v) is 19.4. The van der Waals surface area contributed by atoms with Gasteiger partial charge in [-0.05, 0) is 50.9 Å². The van der Waals surface area contributed by atoms with Crippen molar-refractivity contribution in [1.29, 1.82) is 0 Å². The van der Waals surface area contributed by atoms with Crippen LogP contribution in [0.1, 0.15) is 56.7 Å². The van der Waals surface area contributed by atoms with Crippen molar-refractivity contribution < 1.29 is 13.9 Å². The lowest BCUT2D eigenvalue weighted by Crippen LogP contribution is -2.42. The first-order chi connectivity index (χ1) is 13.2. The van der Waals surface area contributed by atoms with Crippen LogP contribution in [0, 0.1) is 0 Å². The molecule has 1 aliphatic rings. The van der Waals surface area contributed by atoms with E-state index in [0.717, 1.165) is 63.6 Å². The van der Waals surface area contributed by atoms with E-state index in [0.29, 0.717) is 6.42 Å². The first-order valence-corrected chi connectivity index (χ1v) is 10.0. The number of nitrogens with one attached hydrogen (secondary N) is 2. The van der Waals surface area contributed by atoms with Gasteiger partial charge in [0.05, 0.1) is 19.4 Å². The molecule has 0 aliphatic carbocycles. The Morgan fingerprint density at radius 1 is 1.25 bits per heavy atom. The molecular weight excluding hydrogens is 471 g/mol. The van der Waals surface area contributed by atoms with Gasteiger partial charge in [0, 0.05) is 26.6 Å². The predicted octanol–water partition coefficient (Wildman–Crippen LogP) is 3.32. The SMILES string of the molecule is CN=C(NCCCCCCC(=O)OC)NCC(c1ccco1)N1CCCC1.I. The molecule has 0 bridgehead atoms. The highest BCUT2D eigenvalue weighted by atomic mass is 127. The minimum atomic E-state index is -0.123. The van der Waals surface area contributed by atoms with E-state index in [-0.39, 0.29) is 36.0 Å². The number of methoxy groups -OCH3 is 1. The van der Waals surface area contributed by atoms with Crippen LogP contribution in [0.2, 0.25) is 0 Å². The van der Waals surface area contributed by atoms with Gasteiger partial charge < -0.3 is 19.8 Å². The van der Waals surface area contributed by atoms with Crippen molar-refractivity contribution in [3.05, 3.63) is 24.2 Å². The summed E-state index contributed by atoms with van der Waals surface area (Å²) in [5, 5.41) is 6.80. The van der Waals surface area contributed by atoms with Gasteiger partial charge in [0.2, 0.25) is 0 Å². The number of guanidine groups is 1. The largest absolute Gasteiger partial charge is 0.469 e. The molecule has 2 rings (SSSR count). The number of carbonyl (C=O) groups excluding carboxylic acids is 1. The van der Waals surface area contributed by atoms with Gasteiger partial charge in [-0.1, -0.05) is 12.8 Å². The Morgan fingerprint density at radius 3 is 2.64 bits per heavy atom. The van der Waals surface area contributed by atoms with Crippen LogP contribution in [0.25, 0.3) is 0 Å². The lowest BCUT2D eigenvalue weighted by molar-refractivity contribution is -0.140. The van der Waals surface area contributed by atoms with E-state index in [1.165, 1.54) is 20.0 Å². The first kappa shape index (κ1) is 24.7. The molecular formula is C20H35IN4O3. The molecule has 28 heavy (non-hydrogen) atoms. The fraction of sp³-hybridized carbons (Fsp3) is 0.700. The molecule has 1 fully saturated rings. The third-order valence-electron chi connectivity index (χ3n) is 4.97. The van der Waals surface area contributed by atoms with E-state index in [4.69, 9.17) is 4.42 Å². The molecule has 7 nitrogen and oxygen atoms in total. The van der Waals surface area contributed by atoms with E-state index in [1.54, 1.807) is 13.3 Å². The van der Waals surface area contributed by atoms with Gasteiger partial charge in [0.1, 0.15) is 5.76 Å². The molecule has 160 valence electrons. The Kier molecular flexibility index (Phi) is 13.0. The predicted molar refractivity (Wildman–Crippen MR) is 122 cm³/mol. The van der Waals surface area contributed by atoms with Gasteiger partial charge in [-0.15, -0.1) is 24.0 Å². The van der Waals surface area contributed by atoms with Crippen molar-refractivity contribution in [3.8, 4) is 0 Å². The van der Waals surface area contributed by atoms with Crippen molar-refractivity contribution in [1.82, 2.24) is 15.5 Å². The zero-order valence-electron chi connectivity index (χ0n) is 17.1. The highest BCUT2D eigenvalue weighted by Gasteiger charge is 2.25. The Labute approximate surface area is 185 Å². The number of likely N-dealkylation sites (tertiary alicyclic amines) is 1. The maximum atomic E-state index is 11.1. The normalized spacial score (nSPS) is 15.7. The van der Waals surface area contributed by atoms with Gasteiger partial charge in [-0.3, -0.25) is 14.7 Å². The molecule has 1 aromatic rings. The highest BCUT2D eigenvalue weighted by molar-refractivity contribution is 14.0. The van der Waals surface area contributed by atoms with Crippen LogP contribution in [0.15, 0.2) is 27.8 Å². The van der Waals surface area contributed by atoms with Crippen LogP contribution in [0.3, 0.4) is 0 Å². The number of aliphatic imine (C=N–C) groups is 1. The summed E-state index contributed by atoms with van der Waals surface area (Å²) in [6.45, 7) is 3.87. The molecule has 8 heteroatoms. The molecule has 0 saturated carbocycles. The lowest BCUT2D eigenvalue weighted by Gasteiger charge is -2.26. The smallest absolute Gasteiger partial charge is 0.305 e. The van der Waals surface area contributed by atoms with Crippen LogP contribution in [0.5, 0.6) is 0 Å². The molecule has 1 unspecified atom stereocenters. The number of rotatable bonds is 11. The van der Waals surface area contributed by atoms with Crippen LogP contribution < -0.4 is 10.6 Å². The second-order valence-electron chi connectivity index (χ2n) is 6.89. The van der Waals surface area contributed by atoms with Crippen molar-refractivity contribution in [2.45, 2.75) is 51.0 Å². The second-order valence-corrected chi connectivity index (χ2v) is 6.89. The summed E-state index contributed by atoms with van der Waals surface area (Å²) < 4.78 is 10.3. The van der Waals surface area contributed by atoms with Crippen molar-refractivity contribution in [2.24, 2.45) is 4.99 Å². The van der Waals surface area contributed by atoms with Crippen LogP contribution >= 0.6 is 24.0 Å².